The number of hydrogen-bond donors (Lipinski definition) is 1. The molecule has 0 saturated carbocycles. The Morgan fingerprint density at radius 3 is 2.25 bits per heavy atom. The van der Waals surface area contributed by atoms with Crippen molar-refractivity contribution in [1.29, 1.82) is 0 Å². The molecule has 0 atom stereocenters. The molecule has 2 N–H and O–H groups in total. The van der Waals surface area contributed by atoms with Crippen molar-refractivity contribution >= 4 is 22.8 Å². The SMILES string of the molecule is Cc1cc(N=S=O)cc(C)c1N. The van der Waals surface area contributed by atoms with Gasteiger partial charge in [-0.25, -0.2) is 0 Å². The average Bonchev–Trinajstić information content (AvgIpc) is 2.01. The fourth-order valence-electron chi connectivity index (χ4n) is 1.05. The van der Waals surface area contributed by atoms with Crippen molar-refractivity contribution in [2.75, 3.05) is 5.73 Å². The summed E-state index contributed by atoms with van der Waals surface area (Å²) in [5.41, 5.74) is 9.09. The van der Waals surface area contributed by atoms with E-state index in [9.17, 15) is 4.21 Å². The predicted molar refractivity (Wildman–Crippen MR) is 50.6 cm³/mol. The molecule has 0 aromatic heterocycles. The van der Waals surface area contributed by atoms with Crippen LogP contribution in [0.15, 0.2) is 16.5 Å². The van der Waals surface area contributed by atoms with Gasteiger partial charge < -0.3 is 5.73 Å². The third kappa shape index (κ3) is 1.71. The van der Waals surface area contributed by atoms with Crippen LogP contribution in [0, 0.1) is 13.8 Å². The Kier molecular flexibility index (Phi) is 2.60. The first-order valence-electron chi connectivity index (χ1n) is 3.52. The molecular weight excluding hydrogens is 172 g/mol. The predicted octanol–water partition coefficient (Wildman–Crippen LogP) is 1.91. The first-order valence-corrected chi connectivity index (χ1v) is 4.21. The zero-order valence-corrected chi connectivity index (χ0v) is 7.81. The van der Waals surface area contributed by atoms with Crippen LogP contribution < -0.4 is 5.73 Å². The van der Waals surface area contributed by atoms with Crippen molar-refractivity contribution in [3.05, 3.63) is 23.3 Å². The highest BCUT2D eigenvalue weighted by Crippen LogP contribution is 2.23. The van der Waals surface area contributed by atoms with E-state index in [4.69, 9.17) is 5.73 Å². The van der Waals surface area contributed by atoms with Crippen LogP contribution in [0.3, 0.4) is 0 Å². The van der Waals surface area contributed by atoms with Crippen molar-refractivity contribution in [3.8, 4) is 0 Å². The quantitative estimate of drug-likeness (QED) is 0.674. The van der Waals surface area contributed by atoms with Crippen LogP contribution in [0.1, 0.15) is 11.1 Å². The van der Waals surface area contributed by atoms with Gasteiger partial charge >= 0.3 is 0 Å². The van der Waals surface area contributed by atoms with Gasteiger partial charge in [-0.3, -0.25) is 0 Å². The third-order valence-electron chi connectivity index (χ3n) is 1.72. The van der Waals surface area contributed by atoms with Gasteiger partial charge in [-0.2, -0.15) is 8.57 Å². The molecule has 0 amide bonds. The van der Waals surface area contributed by atoms with Crippen molar-refractivity contribution in [3.63, 3.8) is 0 Å². The highest BCUT2D eigenvalue weighted by Gasteiger charge is 1.99. The van der Waals surface area contributed by atoms with E-state index in [1.807, 2.05) is 13.8 Å². The summed E-state index contributed by atoms with van der Waals surface area (Å²) in [5, 5.41) is 0. The average molecular weight is 182 g/mol. The molecule has 0 spiro atoms. The van der Waals surface area contributed by atoms with Gasteiger partial charge in [0.05, 0.1) is 5.69 Å². The normalized spacial score (nSPS) is 9.50. The van der Waals surface area contributed by atoms with Crippen molar-refractivity contribution < 1.29 is 4.21 Å². The summed E-state index contributed by atoms with van der Waals surface area (Å²) in [4.78, 5) is 0. The highest BCUT2D eigenvalue weighted by molar-refractivity contribution is 7.54. The number of hydrogen-bond acceptors (Lipinski definition) is 3. The fourth-order valence-corrected chi connectivity index (χ4v) is 1.24. The maximum Gasteiger partial charge on any atom is 0.205 e. The van der Waals surface area contributed by atoms with Gasteiger partial charge in [0.15, 0.2) is 0 Å². The molecule has 0 heterocycles. The van der Waals surface area contributed by atoms with E-state index in [-0.39, 0.29) is 11.5 Å². The molecule has 0 saturated heterocycles. The highest BCUT2D eigenvalue weighted by atomic mass is 32.1. The maximum absolute atomic E-state index is 10.1. The van der Waals surface area contributed by atoms with Crippen molar-refractivity contribution in [2.24, 2.45) is 4.36 Å². The molecule has 1 rings (SSSR count). The molecular formula is C8H10N2OS. The van der Waals surface area contributed by atoms with Crippen LogP contribution in [-0.4, -0.2) is 4.21 Å². The lowest BCUT2D eigenvalue weighted by Crippen LogP contribution is -1.92. The summed E-state index contributed by atoms with van der Waals surface area (Å²) >= 11 is 0.212. The zero-order chi connectivity index (χ0) is 9.14. The van der Waals surface area contributed by atoms with E-state index < -0.39 is 0 Å². The Balaban J connectivity index is 3.30. The molecule has 0 radical (unpaired) electrons. The summed E-state index contributed by atoms with van der Waals surface area (Å²) in [5.74, 6) is 0. The minimum absolute atomic E-state index is 0.212. The summed E-state index contributed by atoms with van der Waals surface area (Å²) < 4.78 is 13.8. The molecule has 3 nitrogen and oxygen atoms in total. The molecule has 4 heteroatoms. The Morgan fingerprint density at radius 2 is 1.83 bits per heavy atom. The number of nitrogen functional groups attached to an aromatic ring is 1. The van der Waals surface area contributed by atoms with Gasteiger partial charge in [-0.05, 0) is 37.1 Å². The van der Waals surface area contributed by atoms with Gasteiger partial charge in [-0.15, -0.1) is 0 Å². The zero-order valence-electron chi connectivity index (χ0n) is 7.00. The van der Waals surface area contributed by atoms with Gasteiger partial charge in [0.2, 0.25) is 11.5 Å². The molecule has 0 bridgehead atoms. The number of nitrogens with two attached hydrogens (primary N) is 1. The Hall–Kier alpha value is -1.16. The first kappa shape index (κ1) is 8.93. The summed E-state index contributed by atoms with van der Waals surface area (Å²) in [6.07, 6.45) is 0. The molecule has 0 aliphatic rings. The second-order valence-electron chi connectivity index (χ2n) is 2.66. The first-order chi connectivity index (χ1) is 5.65. The molecule has 1 aromatic carbocycles. The van der Waals surface area contributed by atoms with E-state index in [0.717, 1.165) is 16.8 Å². The number of anilines is 1. The van der Waals surface area contributed by atoms with E-state index >= 15 is 0 Å². The van der Waals surface area contributed by atoms with E-state index in [2.05, 4.69) is 4.36 Å². The molecule has 0 aliphatic carbocycles. The van der Waals surface area contributed by atoms with Crippen molar-refractivity contribution in [1.82, 2.24) is 0 Å². The molecule has 64 valence electrons. The lowest BCUT2D eigenvalue weighted by molar-refractivity contribution is 0.698. The maximum atomic E-state index is 10.1. The summed E-state index contributed by atoms with van der Waals surface area (Å²) in [7, 11) is 0. The van der Waals surface area contributed by atoms with Crippen molar-refractivity contribution in [2.45, 2.75) is 13.8 Å². The Labute approximate surface area is 74.8 Å². The van der Waals surface area contributed by atoms with Gasteiger partial charge in [0.1, 0.15) is 0 Å². The number of rotatable bonds is 1. The minimum Gasteiger partial charge on any atom is -0.398 e. The Morgan fingerprint density at radius 1 is 1.33 bits per heavy atom. The second kappa shape index (κ2) is 3.49. The minimum atomic E-state index is 0.212. The molecule has 0 fully saturated rings. The second-order valence-corrected chi connectivity index (χ2v) is 2.99. The van der Waals surface area contributed by atoms with Crippen LogP contribution >= 0.6 is 0 Å². The van der Waals surface area contributed by atoms with Gasteiger partial charge in [0, 0.05) is 5.69 Å². The van der Waals surface area contributed by atoms with Crippen LogP contribution in [0.5, 0.6) is 0 Å². The number of aryl methyl sites for hydroxylation is 2. The van der Waals surface area contributed by atoms with Gasteiger partial charge in [-0.1, -0.05) is 0 Å². The van der Waals surface area contributed by atoms with Crippen LogP contribution in [0.2, 0.25) is 0 Å². The molecule has 12 heavy (non-hydrogen) atoms. The largest absolute Gasteiger partial charge is 0.398 e. The fraction of sp³-hybridized carbons (Fsp3) is 0.250. The monoisotopic (exact) mass is 182 g/mol. The lowest BCUT2D eigenvalue weighted by atomic mass is 10.1. The lowest BCUT2D eigenvalue weighted by Gasteiger charge is -2.03. The van der Waals surface area contributed by atoms with E-state index in [0.29, 0.717) is 5.69 Å². The smallest absolute Gasteiger partial charge is 0.205 e. The molecule has 0 aliphatic heterocycles. The van der Waals surface area contributed by atoms with Gasteiger partial charge in [0.25, 0.3) is 0 Å². The van der Waals surface area contributed by atoms with Crippen LogP contribution in [0.4, 0.5) is 11.4 Å². The third-order valence-corrected chi connectivity index (χ3v) is 2.01. The summed E-state index contributed by atoms with van der Waals surface area (Å²) in [6, 6.07) is 3.60. The molecule has 0 unspecified atom stereocenters. The van der Waals surface area contributed by atoms with Crippen LogP contribution in [-0.2, 0) is 11.5 Å². The molecule has 1 aromatic rings. The topological polar surface area (TPSA) is 55.5 Å². The van der Waals surface area contributed by atoms with E-state index in [1.165, 1.54) is 0 Å². The Bertz CT molecular complexity index is 333. The van der Waals surface area contributed by atoms with Crippen LogP contribution in [0.25, 0.3) is 0 Å². The summed E-state index contributed by atoms with van der Waals surface area (Å²) in [6.45, 7) is 3.80. The number of nitrogens with zero attached hydrogens (tertiary/aromatic N) is 1. The van der Waals surface area contributed by atoms with E-state index in [1.54, 1.807) is 12.1 Å². The number of benzene rings is 1. The standard InChI is InChI=1S/C8H10N2OS/c1-5-3-7(10-12-11)4-6(2)8(5)9/h3-4H,9H2,1-2H3.